The molecule has 2 aliphatic rings. The monoisotopic (exact) mass is 402 g/mol. The highest BCUT2D eigenvalue weighted by molar-refractivity contribution is 6.06. The van der Waals surface area contributed by atoms with Gasteiger partial charge in [0, 0.05) is 24.9 Å². The SMILES string of the molecule is O=C(NCc1ccc2c(c1)OCCO2)C1CC(=O)N(c2cccc3ccccc23)C1. The lowest BCUT2D eigenvalue weighted by molar-refractivity contribution is -0.126. The highest BCUT2D eigenvalue weighted by Gasteiger charge is 2.35. The van der Waals surface area contributed by atoms with E-state index in [-0.39, 0.29) is 24.2 Å². The zero-order valence-electron chi connectivity index (χ0n) is 16.5. The van der Waals surface area contributed by atoms with E-state index in [0.29, 0.717) is 32.1 Å². The lowest BCUT2D eigenvalue weighted by Crippen LogP contribution is -2.32. The number of hydrogen-bond acceptors (Lipinski definition) is 4. The molecule has 3 aromatic rings. The van der Waals surface area contributed by atoms with Crippen LogP contribution in [0.3, 0.4) is 0 Å². The number of carbonyl (C=O) groups excluding carboxylic acids is 2. The van der Waals surface area contributed by atoms with Gasteiger partial charge >= 0.3 is 0 Å². The summed E-state index contributed by atoms with van der Waals surface area (Å²) in [5.74, 6) is 0.926. The third kappa shape index (κ3) is 3.45. The van der Waals surface area contributed by atoms with Crippen molar-refractivity contribution in [3.63, 3.8) is 0 Å². The van der Waals surface area contributed by atoms with Crippen molar-refractivity contribution < 1.29 is 19.1 Å². The molecule has 152 valence electrons. The van der Waals surface area contributed by atoms with Crippen molar-refractivity contribution >= 4 is 28.3 Å². The van der Waals surface area contributed by atoms with Gasteiger partial charge in [-0.25, -0.2) is 0 Å². The van der Waals surface area contributed by atoms with Gasteiger partial charge in [0.05, 0.1) is 11.6 Å². The Morgan fingerprint density at radius 2 is 1.80 bits per heavy atom. The Labute approximate surface area is 174 Å². The Morgan fingerprint density at radius 1 is 1.00 bits per heavy atom. The summed E-state index contributed by atoms with van der Waals surface area (Å²) in [4.78, 5) is 27.2. The molecule has 1 fully saturated rings. The molecule has 2 aliphatic heterocycles. The predicted octanol–water partition coefficient (Wildman–Crippen LogP) is 3.28. The van der Waals surface area contributed by atoms with Gasteiger partial charge in [0.15, 0.2) is 11.5 Å². The van der Waals surface area contributed by atoms with Gasteiger partial charge in [-0.05, 0) is 29.1 Å². The highest BCUT2D eigenvalue weighted by Crippen LogP contribution is 2.32. The first-order valence-corrected chi connectivity index (χ1v) is 10.1. The van der Waals surface area contributed by atoms with Crippen LogP contribution in [0.5, 0.6) is 11.5 Å². The Hall–Kier alpha value is -3.54. The van der Waals surface area contributed by atoms with Gasteiger partial charge in [0.1, 0.15) is 13.2 Å². The van der Waals surface area contributed by atoms with Gasteiger partial charge in [0.2, 0.25) is 11.8 Å². The third-order valence-electron chi connectivity index (χ3n) is 5.63. The van der Waals surface area contributed by atoms with Crippen LogP contribution in [0.2, 0.25) is 0 Å². The van der Waals surface area contributed by atoms with Crippen molar-refractivity contribution in [3.8, 4) is 11.5 Å². The molecule has 1 N–H and O–H groups in total. The smallest absolute Gasteiger partial charge is 0.227 e. The number of nitrogens with one attached hydrogen (secondary N) is 1. The van der Waals surface area contributed by atoms with E-state index in [4.69, 9.17) is 9.47 Å². The van der Waals surface area contributed by atoms with Crippen LogP contribution in [0, 0.1) is 5.92 Å². The molecular weight excluding hydrogens is 380 g/mol. The summed E-state index contributed by atoms with van der Waals surface area (Å²) in [7, 11) is 0. The molecule has 2 heterocycles. The Bertz CT molecular complexity index is 1120. The first-order chi connectivity index (χ1) is 14.7. The molecule has 0 aliphatic carbocycles. The van der Waals surface area contributed by atoms with Gasteiger partial charge in [-0.1, -0.05) is 42.5 Å². The van der Waals surface area contributed by atoms with Crippen molar-refractivity contribution in [1.29, 1.82) is 0 Å². The normalized spacial score (nSPS) is 17.9. The molecule has 1 unspecified atom stereocenters. The maximum absolute atomic E-state index is 12.7. The van der Waals surface area contributed by atoms with Gasteiger partial charge in [-0.3, -0.25) is 9.59 Å². The van der Waals surface area contributed by atoms with Crippen LogP contribution in [-0.4, -0.2) is 31.6 Å². The first-order valence-electron chi connectivity index (χ1n) is 10.1. The van der Waals surface area contributed by atoms with Crippen LogP contribution in [0.15, 0.2) is 60.7 Å². The Morgan fingerprint density at radius 3 is 2.70 bits per heavy atom. The number of benzene rings is 3. The zero-order valence-corrected chi connectivity index (χ0v) is 16.5. The molecule has 3 aromatic carbocycles. The summed E-state index contributed by atoms with van der Waals surface area (Å²) in [5, 5.41) is 5.06. The topological polar surface area (TPSA) is 67.9 Å². The van der Waals surface area contributed by atoms with Crippen molar-refractivity contribution in [2.24, 2.45) is 5.92 Å². The maximum Gasteiger partial charge on any atom is 0.227 e. The number of amides is 2. The van der Waals surface area contributed by atoms with E-state index < -0.39 is 0 Å². The molecule has 0 radical (unpaired) electrons. The molecule has 0 saturated carbocycles. The van der Waals surface area contributed by atoms with Crippen molar-refractivity contribution in [2.75, 3.05) is 24.7 Å². The molecule has 0 aromatic heterocycles. The molecule has 30 heavy (non-hydrogen) atoms. The largest absolute Gasteiger partial charge is 0.486 e. The first kappa shape index (κ1) is 18.5. The number of carbonyl (C=O) groups is 2. The minimum Gasteiger partial charge on any atom is -0.486 e. The summed E-state index contributed by atoms with van der Waals surface area (Å²) in [6, 6.07) is 19.5. The molecule has 2 amide bonds. The van der Waals surface area contributed by atoms with Crippen molar-refractivity contribution in [1.82, 2.24) is 5.32 Å². The highest BCUT2D eigenvalue weighted by atomic mass is 16.6. The zero-order chi connectivity index (χ0) is 20.5. The maximum atomic E-state index is 12.7. The number of ether oxygens (including phenoxy) is 2. The lowest BCUT2D eigenvalue weighted by Gasteiger charge is -2.20. The summed E-state index contributed by atoms with van der Waals surface area (Å²) < 4.78 is 11.1. The summed E-state index contributed by atoms with van der Waals surface area (Å²) in [6.45, 7) is 1.84. The van der Waals surface area contributed by atoms with E-state index in [2.05, 4.69) is 5.32 Å². The number of hydrogen-bond donors (Lipinski definition) is 1. The molecule has 6 heteroatoms. The van der Waals surface area contributed by atoms with Gasteiger partial charge in [-0.2, -0.15) is 0 Å². The molecular formula is C24H22N2O4. The molecule has 1 saturated heterocycles. The van der Waals surface area contributed by atoms with Crippen LogP contribution >= 0.6 is 0 Å². The van der Waals surface area contributed by atoms with E-state index in [0.717, 1.165) is 27.8 Å². The van der Waals surface area contributed by atoms with Gasteiger partial charge in [0.25, 0.3) is 0 Å². The third-order valence-corrected chi connectivity index (χ3v) is 5.63. The Kier molecular flexibility index (Phi) is 4.75. The van der Waals surface area contributed by atoms with E-state index >= 15 is 0 Å². The molecule has 1 atom stereocenters. The average Bonchev–Trinajstić information content (AvgIpc) is 3.18. The number of rotatable bonds is 4. The van der Waals surface area contributed by atoms with Gasteiger partial charge < -0.3 is 19.7 Å². The quantitative estimate of drug-likeness (QED) is 0.727. The second-order valence-corrected chi connectivity index (χ2v) is 7.60. The lowest BCUT2D eigenvalue weighted by atomic mass is 10.1. The minimum absolute atomic E-state index is 0.0224. The van der Waals surface area contributed by atoms with Crippen LogP contribution in [0.1, 0.15) is 12.0 Å². The molecule has 5 rings (SSSR count). The van der Waals surface area contributed by atoms with Crippen molar-refractivity contribution in [2.45, 2.75) is 13.0 Å². The summed E-state index contributed by atoms with van der Waals surface area (Å²) in [5.41, 5.74) is 1.79. The number of fused-ring (bicyclic) bond motifs is 2. The average molecular weight is 402 g/mol. The molecule has 0 bridgehead atoms. The van der Waals surface area contributed by atoms with Crippen LogP contribution < -0.4 is 19.7 Å². The van der Waals surface area contributed by atoms with E-state index in [1.165, 1.54) is 0 Å². The minimum atomic E-state index is -0.367. The van der Waals surface area contributed by atoms with Crippen LogP contribution in [0.25, 0.3) is 10.8 Å². The van der Waals surface area contributed by atoms with Crippen LogP contribution in [0.4, 0.5) is 5.69 Å². The number of anilines is 1. The van der Waals surface area contributed by atoms with Gasteiger partial charge in [-0.15, -0.1) is 0 Å². The second kappa shape index (κ2) is 7.71. The molecule has 6 nitrogen and oxygen atoms in total. The predicted molar refractivity (Wildman–Crippen MR) is 114 cm³/mol. The second-order valence-electron chi connectivity index (χ2n) is 7.60. The van der Waals surface area contributed by atoms with E-state index in [1.807, 2.05) is 60.7 Å². The fourth-order valence-corrected chi connectivity index (χ4v) is 4.09. The standard InChI is InChI=1S/C24H22N2O4/c27-23-13-18(15-26(23)20-7-3-5-17-4-1-2-6-19(17)20)24(28)25-14-16-8-9-21-22(12-16)30-11-10-29-21/h1-9,12,18H,10-11,13-15H2,(H,25,28). The fourth-order valence-electron chi connectivity index (χ4n) is 4.09. The van der Waals surface area contributed by atoms with Crippen LogP contribution in [-0.2, 0) is 16.1 Å². The fraction of sp³-hybridized carbons (Fsp3) is 0.250. The van der Waals surface area contributed by atoms with E-state index in [1.54, 1.807) is 4.90 Å². The van der Waals surface area contributed by atoms with Crippen molar-refractivity contribution in [3.05, 3.63) is 66.2 Å². The Balaban J connectivity index is 1.27. The van der Waals surface area contributed by atoms with E-state index in [9.17, 15) is 9.59 Å². The molecule has 0 spiro atoms. The summed E-state index contributed by atoms with van der Waals surface area (Å²) in [6.07, 6.45) is 0.218. The summed E-state index contributed by atoms with van der Waals surface area (Å²) >= 11 is 0. The number of nitrogens with zero attached hydrogens (tertiary/aromatic N) is 1.